The van der Waals surface area contributed by atoms with Gasteiger partial charge in [-0.25, -0.2) is 4.79 Å². The maximum absolute atomic E-state index is 12.1. The Balaban J connectivity index is 1.91. The highest BCUT2D eigenvalue weighted by atomic mass is 19.3. The number of nitrogens with zero attached hydrogens (tertiary/aromatic N) is 2. The first-order chi connectivity index (χ1) is 14.3. The highest BCUT2D eigenvalue weighted by Crippen LogP contribution is 2.18. The Morgan fingerprint density at radius 3 is 2.30 bits per heavy atom. The van der Waals surface area contributed by atoms with Crippen molar-refractivity contribution in [3.8, 4) is 11.8 Å². The van der Waals surface area contributed by atoms with Crippen LogP contribution in [0.25, 0.3) is 6.08 Å². The molecule has 30 heavy (non-hydrogen) atoms. The summed E-state index contributed by atoms with van der Waals surface area (Å²) in [6.07, 6.45) is 1.36. The summed E-state index contributed by atoms with van der Waals surface area (Å²) < 4.78 is 33.3. The van der Waals surface area contributed by atoms with Crippen LogP contribution >= 0.6 is 0 Å². The summed E-state index contributed by atoms with van der Waals surface area (Å²) in [5, 5.41) is 11.6. The summed E-state index contributed by atoms with van der Waals surface area (Å²) in [6, 6.07) is 14.1. The van der Waals surface area contributed by atoms with E-state index in [1.165, 1.54) is 30.3 Å². The second-order valence-electron chi connectivity index (χ2n) is 6.18. The molecule has 0 unspecified atom stereocenters. The first kappa shape index (κ1) is 22.4. The predicted octanol–water partition coefficient (Wildman–Crippen LogP) is 3.44. The molecule has 0 bridgehead atoms. The lowest BCUT2D eigenvalue weighted by Gasteiger charge is -2.11. The second-order valence-corrected chi connectivity index (χ2v) is 6.18. The van der Waals surface area contributed by atoms with E-state index in [9.17, 15) is 23.6 Å². The number of nitrogens with one attached hydrogen (secondary N) is 1. The van der Waals surface area contributed by atoms with Crippen molar-refractivity contribution in [2.75, 3.05) is 30.9 Å². The molecule has 156 valence electrons. The van der Waals surface area contributed by atoms with Crippen LogP contribution in [0.5, 0.6) is 5.75 Å². The average Bonchev–Trinajstić information content (AvgIpc) is 2.71. The predicted molar refractivity (Wildman–Crippen MR) is 107 cm³/mol. The van der Waals surface area contributed by atoms with Crippen molar-refractivity contribution in [3.63, 3.8) is 0 Å². The number of hydrogen-bond acceptors (Lipinski definition) is 6. The SMILES string of the molecule is CN(C)c1ccc(/C=C(\C#N)C(=O)OCC(=O)Nc2ccc(OC(F)F)cc2)cc1. The number of alkyl halides is 2. The van der Waals surface area contributed by atoms with Gasteiger partial charge in [0.05, 0.1) is 0 Å². The number of hydrogen-bond donors (Lipinski definition) is 1. The maximum Gasteiger partial charge on any atom is 0.387 e. The summed E-state index contributed by atoms with van der Waals surface area (Å²) in [6.45, 7) is -3.56. The third kappa shape index (κ3) is 6.91. The number of nitriles is 1. The lowest BCUT2D eigenvalue weighted by Crippen LogP contribution is -2.21. The van der Waals surface area contributed by atoms with Gasteiger partial charge in [-0.3, -0.25) is 4.79 Å². The first-order valence-electron chi connectivity index (χ1n) is 8.69. The third-order valence-electron chi connectivity index (χ3n) is 3.76. The monoisotopic (exact) mass is 415 g/mol. The normalized spacial score (nSPS) is 10.9. The van der Waals surface area contributed by atoms with Crippen molar-refractivity contribution in [2.45, 2.75) is 6.61 Å². The van der Waals surface area contributed by atoms with Crippen LogP contribution in [-0.2, 0) is 14.3 Å². The van der Waals surface area contributed by atoms with Gasteiger partial charge in [0.25, 0.3) is 5.91 Å². The lowest BCUT2D eigenvalue weighted by atomic mass is 10.1. The van der Waals surface area contributed by atoms with E-state index in [-0.39, 0.29) is 11.3 Å². The van der Waals surface area contributed by atoms with Gasteiger partial charge in [-0.15, -0.1) is 0 Å². The van der Waals surface area contributed by atoms with Gasteiger partial charge in [0.2, 0.25) is 0 Å². The van der Waals surface area contributed by atoms with Crippen molar-refractivity contribution in [3.05, 3.63) is 59.7 Å². The molecule has 0 aliphatic rings. The van der Waals surface area contributed by atoms with E-state index in [2.05, 4.69) is 10.1 Å². The molecule has 1 N–H and O–H groups in total. The Bertz CT molecular complexity index is 950. The highest BCUT2D eigenvalue weighted by molar-refractivity contribution is 6.00. The molecule has 9 heteroatoms. The fraction of sp³-hybridized carbons (Fsp3) is 0.190. The van der Waals surface area contributed by atoms with E-state index < -0.39 is 25.1 Å². The van der Waals surface area contributed by atoms with Crippen molar-refractivity contribution in [2.24, 2.45) is 0 Å². The number of amides is 1. The third-order valence-corrected chi connectivity index (χ3v) is 3.76. The minimum absolute atomic E-state index is 0.0585. The van der Waals surface area contributed by atoms with E-state index in [0.717, 1.165) is 5.69 Å². The molecular weight excluding hydrogens is 396 g/mol. The molecule has 0 aliphatic carbocycles. The first-order valence-corrected chi connectivity index (χ1v) is 8.69. The van der Waals surface area contributed by atoms with Crippen LogP contribution in [0.15, 0.2) is 54.1 Å². The smallest absolute Gasteiger partial charge is 0.387 e. The number of ether oxygens (including phenoxy) is 2. The average molecular weight is 415 g/mol. The van der Waals surface area contributed by atoms with Gasteiger partial charge in [-0.1, -0.05) is 12.1 Å². The zero-order valence-electron chi connectivity index (χ0n) is 16.3. The molecule has 1 amide bonds. The second kappa shape index (κ2) is 10.6. The standard InChI is InChI=1S/C21H19F2N3O4/c1-26(2)17-7-3-14(4-8-17)11-15(12-24)20(28)29-13-19(27)25-16-5-9-18(10-6-16)30-21(22)23/h3-11,21H,13H2,1-2H3,(H,25,27)/b15-11+. The van der Waals surface area contributed by atoms with E-state index in [1.807, 2.05) is 31.1 Å². The number of rotatable bonds is 8. The zero-order chi connectivity index (χ0) is 22.1. The molecule has 0 spiro atoms. The Morgan fingerprint density at radius 1 is 1.13 bits per heavy atom. The number of carbonyl (C=O) groups excluding carboxylic acids is 2. The topological polar surface area (TPSA) is 91.7 Å². The number of esters is 1. The van der Waals surface area contributed by atoms with Crippen LogP contribution in [0.4, 0.5) is 20.2 Å². The number of benzene rings is 2. The Labute approximate surface area is 172 Å². The fourth-order valence-electron chi connectivity index (χ4n) is 2.30. The van der Waals surface area contributed by atoms with Crippen LogP contribution in [0.2, 0.25) is 0 Å². The van der Waals surface area contributed by atoms with Gasteiger partial charge in [0.15, 0.2) is 6.61 Å². The van der Waals surface area contributed by atoms with Crippen LogP contribution in [0.1, 0.15) is 5.56 Å². The maximum atomic E-state index is 12.1. The van der Waals surface area contributed by atoms with E-state index in [0.29, 0.717) is 11.3 Å². The van der Waals surface area contributed by atoms with Gasteiger partial charge in [-0.2, -0.15) is 14.0 Å². The highest BCUT2D eigenvalue weighted by Gasteiger charge is 2.14. The molecule has 0 fully saturated rings. The molecule has 2 aromatic rings. The van der Waals surface area contributed by atoms with Crippen molar-refractivity contribution in [1.29, 1.82) is 5.26 Å². The van der Waals surface area contributed by atoms with Crippen molar-refractivity contribution in [1.82, 2.24) is 0 Å². The molecule has 0 aliphatic heterocycles. The van der Waals surface area contributed by atoms with Crippen LogP contribution in [-0.4, -0.2) is 39.2 Å². The van der Waals surface area contributed by atoms with Gasteiger partial charge >= 0.3 is 12.6 Å². The molecule has 0 heterocycles. The number of anilines is 2. The van der Waals surface area contributed by atoms with Gasteiger partial charge in [0.1, 0.15) is 17.4 Å². The quantitative estimate of drug-likeness (QED) is 0.403. The zero-order valence-corrected chi connectivity index (χ0v) is 16.3. The number of carbonyl (C=O) groups is 2. The Morgan fingerprint density at radius 2 is 1.77 bits per heavy atom. The van der Waals surface area contributed by atoms with E-state index >= 15 is 0 Å². The fourth-order valence-corrected chi connectivity index (χ4v) is 2.30. The molecular formula is C21H19F2N3O4. The minimum Gasteiger partial charge on any atom is -0.451 e. The summed E-state index contributed by atoms with van der Waals surface area (Å²) in [4.78, 5) is 25.9. The van der Waals surface area contributed by atoms with Gasteiger partial charge in [-0.05, 0) is 48.0 Å². The Kier molecular flexibility index (Phi) is 7.88. The molecule has 0 saturated heterocycles. The summed E-state index contributed by atoms with van der Waals surface area (Å²) in [5.41, 5.74) is 1.63. The molecule has 7 nitrogen and oxygen atoms in total. The summed E-state index contributed by atoms with van der Waals surface area (Å²) in [7, 11) is 3.78. The van der Waals surface area contributed by atoms with Gasteiger partial charge < -0.3 is 19.7 Å². The van der Waals surface area contributed by atoms with Crippen LogP contribution in [0.3, 0.4) is 0 Å². The minimum atomic E-state index is -2.95. The lowest BCUT2D eigenvalue weighted by molar-refractivity contribution is -0.142. The largest absolute Gasteiger partial charge is 0.451 e. The van der Waals surface area contributed by atoms with E-state index in [4.69, 9.17) is 4.74 Å². The van der Waals surface area contributed by atoms with Crippen molar-refractivity contribution >= 4 is 29.3 Å². The van der Waals surface area contributed by atoms with Crippen LogP contribution < -0.4 is 15.0 Å². The van der Waals surface area contributed by atoms with Gasteiger partial charge in [0, 0.05) is 25.5 Å². The Hall–Kier alpha value is -3.93. The van der Waals surface area contributed by atoms with Crippen LogP contribution in [0, 0.1) is 11.3 Å². The number of halogens is 2. The molecule has 0 aromatic heterocycles. The molecule has 0 saturated carbocycles. The molecule has 0 radical (unpaired) electrons. The summed E-state index contributed by atoms with van der Waals surface area (Å²) in [5.74, 6) is -1.65. The van der Waals surface area contributed by atoms with E-state index in [1.54, 1.807) is 18.2 Å². The van der Waals surface area contributed by atoms with Crippen molar-refractivity contribution < 1.29 is 27.8 Å². The summed E-state index contributed by atoms with van der Waals surface area (Å²) >= 11 is 0. The molecule has 0 atom stereocenters. The molecule has 2 rings (SSSR count). The molecule has 2 aromatic carbocycles.